The summed E-state index contributed by atoms with van der Waals surface area (Å²) in [5.41, 5.74) is 4.33. The summed E-state index contributed by atoms with van der Waals surface area (Å²) in [7, 11) is 3.28. The van der Waals surface area contributed by atoms with Crippen LogP contribution >= 0.6 is 0 Å². The van der Waals surface area contributed by atoms with Crippen molar-refractivity contribution >= 4 is 47.5 Å². The number of carbonyl (C=O) groups excluding carboxylic acids is 8. The number of nitrogens with zero attached hydrogens (tertiary/aromatic N) is 10. The van der Waals surface area contributed by atoms with Gasteiger partial charge in [0.25, 0.3) is 0 Å². The zero-order chi connectivity index (χ0) is 63.4. The predicted octanol–water partition coefficient (Wildman–Crippen LogP) is 1.56. The van der Waals surface area contributed by atoms with Crippen LogP contribution in [-0.4, -0.2) is 255 Å². The molecule has 496 valence electrons. The van der Waals surface area contributed by atoms with Crippen molar-refractivity contribution in [2.75, 3.05) is 146 Å². The van der Waals surface area contributed by atoms with Gasteiger partial charge in [0.05, 0.1) is 132 Å². The zero-order valence-corrected chi connectivity index (χ0v) is 53.1. The van der Waals surface area contributed by atoms with Gasteiger partial charge < -0.3 is 58.3 Å². The summed E-state index contributed by atoms with van der Waals surface area (Å²) < 4.78 is 47.8. The molecular formula is C61H96N12O16. The largest absolute Gasteiger partial charge is 0.464 e. The van der Waals surface area contributed by atoms with Gasteiger partial charge in [-0.25, -0.2) is 19.0 Å². The van der Waals surface area contributed by atoms with Crippen LogP contribution in [-0.2, 0) is 105 Å². The average molecular weight is 1250 g/mol. The van der Waals surface area contributed by atoms with E-state index in [1.807, 2.05) is 19.2 Å². The van der Waals surface area contributed by atoms with E-state index in [-0.39, 0.29) is 127 Å². The summed E-state index contributed by atoms with van der Waals surface area (Å²) in [5.74, 6) is -0.502. The van der Waals surface area contributed by atoms with E-state index in [1.54, 1.807) is 51.7 Å². The minimum Gasteiger partial charge on any atom is -0.464 e. The molecule has 89 heavy (non-hydrogen) atoms. The van der Waals surface area contributed by atoms with Crippen molar-refractivity contribution in [3.63, 3.8) is 0 Å². The summed E-state index contributed by atoms with van der Waals surface area (Å²) in [4.78, 5) is 112. The Labute approximate surface area is 521 Å². The van der Waals surface area contributed by atoms with E-state index in [9.17, 15) is 38.4 Å². The van der Waals surface area contributed by atoms with E-state index in [2.05, 4.69) is 31.3 Å². The first-order chi connectivity index (χ1) is 43.0. The second kappa shape index (κ2) is 34.3. The fourth-order valence-corrected chi connectivity index (χ4v) is 13.0. The molecule has 4 heterocycles. The molecule has 8 atom stereocenters. The van der Waals surface area contributed by atoms with E-state index in [4.69, 9.17) is 37.9 Å². The van der Waals surface area contributed by atoms with Crippen molar-refractivity contribution in [1.29, 1.82) is 0 Å². The molecule has 28 nitrogen and oxygen atoms in total. The van der Waals surface area contributed by atoms with Gasteiger partial charge in [0, 0.05) is 79.4 Å². The highest BCUT2D eigenvalue weighted by Gasteiger charge is 2.51. The molecule has 6 aliphatic rings. The Morgan fingerprint density at radius 2 is 0.910 bits per heavy atom. The van der Waals surface area contributed by atoms with Crippen LogP contribution in [0.25, 0.3) is 0 Å². The Morgan fingerprint density at radius 3 is 1.30 bits per heavy atom. The average Bonchev–Trinajstić information content (AvgIpc) is 1.97. The highest BCUT2D eigenvalue weighted by Crippen LogP contribution is 2.54. The lowest BCUT2D eigenvalue weighted by molar-refractivity contribution is -0.152. The number of hydrogen-bond donors (Lipinski definition) is 2. The lowest BCUT2D eigenvalue weighted by Gasteiger charge is -2.41. The third-order valence-electron chi connectivity index (χ3n) is 18.3. The summed E-state index contributed by atoms with van der Waals surface area (Å²) in [6.45, 7) is 13.0. The first-order valence-corrected chi connectivity index (χ1v) is 32.2. The maximum atomic E-state index is 13.7. The minimum absolute atomic E-state index is 0.00889. The van der Waals surface area contributed by atoms with Gasteiger partial charge in [0.15, 0.2) is 11.6 Å². The molecule has 0 radical (unpaired) electrons. The number of aromatic nitrogens is 6. The number of nitrogens with one attached hydrogen (secondary N) is 2. The van der Waals surface area contributed by atoms with E-state index in [0.717, 1.165) is 74.1 Å². The molecule has 2 aromatic rings. The van der Waals surface area contributed by atoms with Gasteiger partial charge in [-0.3, -0.25) is 38.6 Å². The maximum Gasteiger partial charge on any atom is 0.407 e. The molecule has 2 N–H and O–H groups in total. The molecule has 2 saturated carbocycles. The molecule has 4 aliphatic carbocycles. The molecule has 0 aromatic carbocycles. The molecule has 3 unspecified atom stereocenters. The molecular weight excluding hydrogens is 1160 g/mol. The van der Waals surface area contributed by atoms with E-state index >= 15 is 0 Å². The molecule has 4 fully saturated rings. The van der Waals surface area contributed by atoms with Crippen molar-refractivity contribution in [2.45, 2.75) is 123 Å². The highest BCUT2D eigenvalue weighted by atomic mass is 16.6. The normalized spacial score (nSPS) is 23.3. The van der Waals surface area contributed by atoms with Crippen LogP contribution in [0.1, 0.15) is 95.4 Å². The number of hydrogen-bond acceptors (Lipinski definition) is 22. The topological polar surface area (TPSA) is 309 Å². The molecule has 0 bridgehead atoms. The second-order valence-corrected chi connectivity index (χ2v) is 25.1. The third-order valence-corrected chi connectivity index (χ3v) is 18.3. The molecule has 4 amide bonds. The van der Waals surface area contributed by atoms with Crippen LogP contribution in [0.2, 0.25) is 0 Å². The lowest BCUT2D eigenvalue weighted by Crippen LogP contribution is -2.58. The van der Waals surface area contributed by atoms with Gasteiger partial charge in [0.1, 0.15) is 13.2 Å². The molecule has 2 aliphatic heterocycles. The van der Waals surface area contributed by atoms with E-state index in [1.165, 1.54) is 0 Å². The van der Waals surface area contributed by atoms with Crippen LogP contribution in [0.5, 0.6) is 0 Å². The fourth-order valence-electron chi connectivity index (χ4n) is 13.0. The zero-order valence-electron chi connectivity index (χ0n) is 53.1. The Kier molecular flexibility index (Phi) is 26.5. The summed E-state index contributed by atoms with van der Waals surface area (Å²) in [6.07, 6.45) is 5.60. The third kappa shape index (κ3) is 20.4. The minimum atomic E-state index is -0.584. The molecule has 2 aromatic heterocycles. The number of fused-ring (bicyclic) bond motifs is 4. The summed E-state index contributed by atoms with van der Waals surface area (Å²) >= 11 is 0. The first kappa shape index (κ1) is 68.7. The number of piperazine rings is 2. The predicted molar refractivity (Wildman–Crippen MR) is 318 cm³/mol. The number of aryl methyl sites for hydroxylation is 2. The van der Waals surface area contributed by atoms with Crippen molar-refractivity contribution in [3.05, 3.63) is 22.8 Å². The van der Waals surface area contributed by atoms with Gasteiger partial charge in [-0.15, -0.1) is 10.2 Å². The van der Waals surface area contributed by atoms with E-state index in [0.29, 0.717) is 89.6 Å². The number of alkyl carbamates (subject to hydrolysis) is 2. The van der Waals surface area contributed by atoms with Gasteiger partial charge in [0.2, 0.25) is 11.8 Å². The summed E-state index contributed by atoms with van der Waals surface area (Å²) in [6, 6.07) is -1.08. The smallest absolute Gasteiger partial charge is 0.407 e. The van der Waals surface area contributed by atoms with Crippen molar-refractivity contribution < 1.29 is 76.3 Å². The highest BCUT2D eigenvalue weighted by molar-refractivity contribution is 6.01. The van der Waals surface area contributed by atoms with Gasteiger partial charge in [-0.05, 0) is 86.9 Å². The van der Waals surface area contributed by atoms with Gasteiger partial charge in [-0.2, -0.15) is 0 Å². The Hall–Kier alpha value is -6.20. The second-order valence-electron chi connectivity index (χ2n) is 25.1. The number of carbonyl (C=O) groups is 8. The van der Waals surface area contributed by atoms with Crippen LogP contribution in [0.4, 0.5) is 9.59 Å². The quantitative estimate of drug-likeness (QED) is 0.0435. The Morgan fingerprint density at radius 1 is 0.506 bits per heavy atom. The van der Waals surface area contributed by atoms with Crippen LogP contribution in [0, 0.1) is 47.3 Å². The number of Topliss-reactive ketones (excluding diaryl/α,β-unsaturated/α-hetero) is 2. The maximum absolute atomic E-state index is 13.7. The first-order valence-electron chi connectivity index (χ1n) is 32.2. The number of ether oxygens (including phenoxy) is 8. The fraction of sp³-hybridized carbons (Fsp3) is 0.803. The van der Waals surface area contributed by atoms with Crippen molar-refractivity contribution in [2.24, 2.45) is 47.3 Å². The Bertz CT molecular complexity index is 2510. The lowest BCUT2D eigenvalue weighted by atomic mass is 10.0. The number of esters is 2. The van der Waals surface area contributed by atoms with Crippen molar-refractivity contribution in [1.82, 2.24) is 60.2 Å². The van der Waals surface area contributed by atoms with Crippen molar-refractivity contribution in [3.8, 4) is 0 Å². The number of rotatable bonds is 34. The number of ketones is 2. The molecule has 28 heteroatoms. The van der Waals surface area contributed by atoms with Crippen LogP contribution < -0.4 is 10.6 Å². The SMILES string of the molecule is COCCOCCn1nnc2c1CC[C@H]1[C@@H](CC2)[C@H]1COC(=O)NCCC(=O)N1CCN(CC(=O)CC(=O)CN2CCN(C(=O)CCNC(=O)OCC3[C@H]4CCc5nnn(CCOCCOC)c5CC[C@@H]34)CC2COC(=O)C(C)C)C(COC(=O)C(C)C)C1. The molecule has 0 spiro atoms. The van der Waals surface area contributed by atoms with Gasteiger partial charge in [-0.1, -0.05) is 38.1 Å². The molecule has 8 rings (SSSR count). The molecule has 2 saturated heterocycles. The summed E-state index contributed by atoms with van der Waals surface area (Å²) in [5, 5.41) is 23.1. The van der Waals surface area contributed by atoms with E-state index < -0.39 is 54.5 Å². The number of amides is 4. The Balaban J connectivity index is 0.728. The van der Waals surface area contributed by atoms with Gasteiger partial charge >= 0.3 is 24.1 Å². The monoisotopic (exact) mass is 1250 g/mol. The standard InChI is InChI=1S/C61H96N12O16/c1-40(2)58(78)86-36-42-32-70(56(76)15-17-62-60(80)88-38-50-46-7-11-52-54(13-9-48(46)50)72(66-64-52)23-25-84-29-27-82-5)21-19-68(42)34-44(74)31-45(75)35-69-20-22-71(33-43(69)37-87-59(79)41(3)4)57(77)16-18-63-61(81)89-39-51-47-8-12-53-55(14-10-49(47)51)73(67-65-53)24-26-85-30-28-83-6/h40-43,46-51H,7-39H2,1-6H3,(H,62,80)(H,63,81)/t42?,43?,46-,47+,48+,49-,50-,51?/m1/s1. The van der Waals surface area contributed by atoms with Crippen LogP contribution in [0.3, 0.4) is 0 Å². The number of methoxy groups -OCH3 is 2. The van der Waals surface area contributed by atoms with Crippen LogP contribution in [0.15, 0.2) is 0 Å².